The number of nitrogens with one attached hydrogen (secondary N) is 1. The number of halogens is 1. The molecule has 10 heteroatoms. The van der Waals surface area contributed by atoms with Gasteiger partial charge >= 0.3 is 0 Å². The third kappa shape index (κ3) is 4.63. The molecular formula is C21H24ClN3O5S. The number of likely N-dealkylation sites (tertiary alicyclic amines) is 1. The number of hydrogen-bond acceptors (Lipinski definition) is 6. The summed E-state index contributed by atoms with van der Waals surface area (Å²) in [5.74, 6) is -0.311. The van der Waals surface area contributed by atoms with Crippen LogP contribution in [0.1, 0.15) is 47.8 Å². The minimum absolute atomic E-state index is 0.0626. The van der Waals surface area contributed by atoms with Crippen molar-refractivity contribution < 1.29 is 22.4 Å². The first kappa shape index (κ1) is 21.9. The van der Waals surface area contributed by atoms with E-state index in [1.54, 1.807) is 6.26 Å². The molecule has 3 heterocycles. The average molecular weight is 466 g/mol. The van der Waals surface area contributed by atoms with E-state index in [2.05, 4.69) is 10.2 Å². The van der Waals surface area contributed by atoms with Crippen LogP contribution in [0.2, 0.25) is 5.02 Å². The maximum absolute atomic E-state index is 12.8. The fraction of sp³-hybridized carbons (Fsp3) is 0.429. The monoisotopic (exact) mass is 465 g/mol. The first-order valence-corrected chi connectivity index (χ1v) is 12.3. The quantitative estimate of drug-likeness (QED) is 0.704. The topological polar surface area (TPSA) is 99.9 Å². The number of sulfonamides is 1. The molecule has 1 unspecified atom stereocenters. The lowest BCUT2D eigenvalue weighted by molar-refractivity contribution is -0.116. The van der Waals surface area contributed by atoms with Crippen molar-refractivity contribution in [1.82, 2.24) is 10.2 Å². The molecule has 0 spiro atoms. The Hall–Kier alpha value is -2.36. The van der Waals surface area contributed by atoms with Crippen LogP contribution in [0, 0.1) is 0 Å². The summed E-state index contributed by atoms with van der Waals surface area (Å²) in [6.45, 7) is 2.23. The molecule has 166 valence electrons. The summed E-state index contributed by atoms with van der Waals surface area (Å²) < 4.78 is 30.6. The van der Waals surface area contributed by atoms with Crippen LogP contribution in [0.25, 0.3) is 0 Å². The van der Waals surface area contributed by atoms with Gasteiger partial charge in [0.05, 0.1) is 34.3 Å². The number of anilines is 1. The van der Waals surface area contributed by atoms with Gasteiger partial charge in [-0.25, -0.2) is 12.7 Å². The number of furan rings is 1. The van der Waals surface area contributed by atoms with Gasteiger partial charge in [-0.15, -0.1) is 0 Å². The lowest BCUT2D eigenvalue weighted by Gasteiger charge is -2.33. The molecule has 1 aromatic heterocycles. The number of rotatable bonds is 6. The van der Waals surface area contributed by atoms with Crippen LogP contribution in [0.5, 0.6) is 0 Å². The number of carbonyl (C=O) groups excluding carboxylic acids is 2. The van der Waals surface area contributed by atoms with Gasteiger partial charge in [-0.05, 0) is 56.3 Å². The van der Waals surface area contributed by atoms with Gasteiger partial charge in [0, 0.05) is 13.0 Å². The summed E-state index contributed by atoms with van der Waals surface area (Å²) in [6.07, 6.45) is 4.97. The Labute approximate surface area is 186 Å². The van der Waals surface area contributed by atoms with Crippen molar-refractivity contribution >= 4 is 39.1 Å². The molecule has 0 saturated carbocycles. The van der Waals surface area contributed by atoms with E-state index >= 15 is 0 Å². The van der Waals surface area contributed by atoms with Gasteiger partial charge in [-0.2, -0.15) is 0 Å². The van der Waals surface area contributed by atoms with Gasteiger partial charge in [0.2, 0.25) is 15.9 Å². The highest BCUT2D eigenvalue weighted by Crippen LogP contribution is 2.30. The second-order valence-corrected chi connectivity index (χ2v) is 10.1. The van der Waals surface area contributed by atoms with Crippen LogP contribution in [0.15, 0.2) is 41.0 Å². The molecule has 1 atom stereocenters. The number of piperidine rings is 1. The average Bonchev–Trinajstić information content (AvgIpc) is 3.36. The van der Waals surface area contributed by atoms with Crippen LogP contribution < -0.4 is 9.62 Å². The van der Waals surface area contributed by atoms with Gasteiger partial charge in [0.25, 0.3) is 5.91 Å². The molecule has 2 aromatic rings. The van der Waals surface area contributed by atoms with E-state index in [1.165, 1.54) is 24.6 Å². The van der Waals surface area contributed by atoms with E-state index in [1.807, 2.05) is 12.1 Å². The molecule has 1 N–H and O–H groups in total. The molecule has 31 heavy (non-hydrogen) atoms. The van der Waals surface area contributed by atoms with Crippen molar-refractivity contribution in [2.75, 3.05) is 29.7 Å². The third-order valence-corrected chi connectivity index (χ3v) is 7.67. The first-order chi connectivity index (χ1) is 14.9. The molecular weight excluding hydrogens is 442 g/mol. The normalized spacial score (nSPS) is 20.0. The van der Waals surface area contributed by atoms with Gasteiger partial charge in [-0.3, -0.25) is 14.5 Å². The second-order valence-electron chi connectivity index (χ2n) is 7.73. The van der Waals surface area contributed by atoms with Crippen LogP contribution in [-0.2, 0) is 14.8 Å². The zero-order chi connectivity index (χ0) is 22.0. The van der Waals surface area contributed by atoms with E-state index in [0.29, 0.717) is 6.54 Å². The minimum atomic E-state index is -3.69. The summed E-state index contributed by atoms with van der Waals surface area (Å²) in [5, 5.41) is 3.00. The number of benzene rings is 1. The van der Waals surface area contributed by atoms with Crippen molar-refractivity contribution in [3.63, 3.8) is 0 Å². The molecule has 1 aromatic carbocycles. The molecule has 0 radical (unpaired) electrons. The zero-order valence-electron chi connectivity index (χ0n) is 16.9. The predicted octanol–water partition coefficient (Wildman–Crippen LogP) is 2.96. The second kappa shape index (κ2) is 9.02. The molecule has 2 fully saturated rings. The molecule has 0 aliphatic carbocycles. The fourth-order valence-electron chi connectivity index (χ4n) is 4.09. The summed E-state index contributed by atoms with van der Waals surface area (Å²) >= 11 is 6.28. The molecule has 2 saturated heterocycles. The predicted molar refractivity (Wildman–Crippen MR) is 117 cm³/mol. The van der Waals surface area contributed by atoms with Crippen molar-refractivity contribution in [2.45, 2.75) is 31.7 Å². The van der Waals surface area contributed by atoms with Gasteiger partial charge < -0.3 is 9.73 Å². The number of amides is 2. The van der Waals surface area contributed by atoms with Crippen LogP contribution in [0.4, 0.5) is 5.69 Å². The Morgan fingerprint density at radius 3 is 2.58 bits per heavy atom. The van der Waals surface area contributed by atoms with Crippen LogP contribution >= 0.6 is 11.6 Å². The number of nitrogens with zero attached hydrogens (tertiary/aromatic N) is 2. The Bertz CT molecular complexity index is 1060. The molecule has 2 aliphatic heterocycles. The molecule has 2 amide bonds. The van der Waals surface area contributed by atoms with Crippen molar-refractivity contribution in [1.29, 1.82) is 0 Å². The van der Waals surface area contributed by atoms with Gasteiger partial charge in [-0.1, -0.05) is 18.0 Å². The Kier molecular flexibility index (Phi) is 6.36. The summed E-state index contributed by atoms with van der Waals surface area (Å²) in [5.41, 5.74) is 0.358. The van der Waals surface area contributed by atoms with E-state index < -0.39 is 15.9 Å². The lowest BCUT2D eigenvalue weighted by atomic mass is 10.1. The maximum atomic E-state index is 12.8. The Balaban J connectivity index is 1.48. The van der Waals surface area contributed by atoms with E-state index in [-0.39, 0.29) is 40.4 Å². The summed E-state index contributed by atoms with van der Waals surface area (Å²) in [7, 11) is -3.69. The number of carbonyl (C=O) groups is 2. The van der Waals surface area contributed by atoms with E-state index in [4.69, 9.17) is 16.0 Å². The summed E-state index contributed by atoms with van der Waals surface area (Å²) in [4.78, 5) is 27.1. The lowest BCUT2D eigenvalue weighted by Crippen LogP contribution is -2.40. The third-order valence-electron chi connectivity index (χ3n) is 5.67. The highest BCUT2D eigenvalue weighted by Gasteiger charge is 2.36. The fourth-order valence-corrected chi connectivity index (χ4v) is 5.80. The van der Waals surface area contributed by atoms with Crippen molar-refractivity contribution in [3.8, 4) is 0 Å². The molecule has 4 rings (SSSR count). The van der Waals surface area contributed by atoms with Crippen molar-refractivity contribution in [3.05, 3.63) is 52.9 Å². The van der Waals surface area contributed by atoms with E-state index in [9.17, 15) is 18.0 Å². The van der Waals surface area contributed by atoms with Gasteiger partial charge in [0.1, 0.15) is 5.76 Å². The SMILES string of the molecule is O=C(NCC(c1ccco1)N1CCCCC1)c1ccc(N2C(=O)CCS2(=O)=O)cc1Cl. The zero-order valence-corrected chi connectivity index (χ0v) is 18.5. The smallest absolute Gasteiger partial charge is 0.252 e. The molecule has 8 nitrogen and oxygen atoms in total. The largest absolute Gasteiger partial charge is 0.468 e. The Morgan fingerprint density at radius 2 is 1.97 bits per heavy atom. The highest BCUT2D eigenvalue weighted by atomic mass is 35.5. The standard InChI is InChI=1S/C21H24ClN3O5S/c22-17-13-15(25-20(26)8-12-31(25,28)29)6-7-16(17)21(27)23-14-18(19-5-4-11-30-19)24-9-2-1-3-10-24/h4-7,11,13,18H,1-3,8-10,12,14H2,(H,23,27). The van der Waals surface area contributed by atoms with Crippen LogP contribution in [-0.4, -0.2) is 50.5 Å². The highest BCUT2D eigenvalue weighted by molar-refractivity contribution is 7.94. The van der Waals surface area contributed by atoms with E-state index in [0.717, 1.165) is 36.0 Å². The van der Waals surface area contributed by atoms with Crippen molar-refractivity contribution in [2.24, 2.45) is 0 Å². The number of hydrogen-bond donors (Lipinski definition) is 1. The van der Waals surface area contributed by atoms with Crippen LogP contribution in [0.3, 0.4) is 0 Å². The molecule has 0 bridgehead atoms. The minimum Gasteiger partial charge on any atom is -0.468 e. The molecule has 2 aliphatic rings. The maximum Gasteiger partial charge on any atom is 0.252 e. The van der Waals surface area contributed by atoms with Gasteiger partial charge in [0.15, 0.2) is 0 Å². The Morgan fingerprint density at radius 1 is 1.19 bits per heavy atom. The first-order valence-electron chi connectivity index (χ1n) is 10.3. The summed E-state index contributed by atoms with van der Waals surface area (Å²) in [6, 6.07) is 7.86.